The summed E-state index contributed by atoms with van der Waals surface area (Å²) >= 11 is 17.8. The first-order chi connectivity index (χ1) is 8.45. The minimum atomic E-state index is -0.519. The number of carbonyl (C=O) groups is 1. The summed E-state index contributed by atoms with van der Waals surface area (Å²) in [4.78, 5) is 11.6. The zero-order valence-corrected chi connectivity index (χ0v) is 11.8. The maximum Gasteiger partial charge on any atom is 0.242 e. The summed E-state index contributed by atoms with van der Waals surface area (Å²) in [5.41, 5.74) is 0.464. The van der Waals surface area contributed by atoms with Crippen molar-refractivity contribution in [1.29, 1.82) is 0 Å². The van der Waals surface area contributed by atoms with E-state index in [1.807, 2.05) is 0 Å². The fraction of sp³-hybridized carbons (Fsp3) is 0.250. The summed E-state index contributed by atoms with van der Waals surface area (Å²) in [5, 5.41) is 6.60. The quantitative estimate of drug-likeness (QED) is 0.839. The average molecular weight is 306 g/mol. The van der Waals surface area contributed by atoms with E-state index >= 15 is 0 Å². The number of carbonyl (C=O) groups excluding carboxylic acids is 1. The van der Waals surface area contributed by atoms with Crippen molar-refractivity contribution in [1.82, 2.24) is 5.32 Å². The second kappa shape index (κ2) is 6.75. The summed E-state index contributed by atoms with van der Waals surface area (Å²) in [6.07, 6.45) is 5.05. The summed E-state index contributed by atoms with van der Waals surface area (Å²) in [6, 6.07) is 2.57. The van der Waals surface area contributed by atoms with E-state index < -0.39 is 6.04 Å². The number of anilines is 1. The van der Waals surface area contributed by atoms with Crippen LogP contribution in [0.3, 0.4) is 0 Å². The zero-order chi connectivity index (χ0) is 13.7. The van der Waals surface area contributed by atoms with Crippen molar-refractivity contribution in [3.05, 3.63) is 27.2 Å². The molecule has 1 amide bonds. The molecule has 0 bridgehead atoms. The Morgan fingerprint density at radius 1 is 1.39 bits per heavy atom. The highest BCUT2D eigenvalue weighted by atomic mass is 35.5. The first-order valence-electron chi connectivity index (χ1n) is 5.08. The van der Waals surface area contributed by atoms with E-state index in [9.17, 15) is 4.79 Å². The van der Waals surface area contributed by atoms with Crippen LogP contribution in [-0.2, 0) is 4.79 Å². The van der Waals surface area contributed by atoms with Gasteiger partial charge in [-0.1, -0.05) is 40.7 Å². The third-order valence-corrected chi connectivity index (χ3v) is 2.94. The molecular formula is C12H11Cl3N2O. The maximum atomic E-state index is 11.6. The van der Waals surface area contributed by atoms with Crippen molar-refractivity contribution in [2.75, 3.05) is 11.9 Å². The molecule has 6 heteroatoms. The average Bonchev–Trinajstić information content (AvgIpc) is 2.30. The van der Waals surface area contributed by atoms with Gasteiger partial charge < -0.3 is 10.6 Å². The molecule has 0 heterocycles. The van der Waals surface area contributed by atoms with Gasteiger partial charge in [0.05, 0.1) is 22.3 Å². The lowest BCUT2D eigenvalue weighted by molar-refractivity contribution is -0.121. The highest BCUT2D eigenvalue weighted by Crippen LogP contribution is 2.33. The largest absolute Gasteiger partial charge is 0.371 e. The Hall–Kier alpha value is -1.08. The maximum absolute atomic E-state index is 11.6. The van der Waals surface area contributed by atoms with Crippen molar-refractivity contribution in [2.45, 2.75) is 13.0 Å². The Kier molecular flexibility index (Phi) is 5.61. The standard InChI is InChI=1S/C12H11Cl3N2O/c1-3-4-16-12(18)7(2)17-11-9(14)5-8(13)6-10(11)15/h1,5-7,17H,4H2,2H3,(H,16,18). The van der Waals surface area contributed by atoms with Crippen LogP contribution in [0.15, 0.2) is 12.1 Å². The number of benzene rings is 1. The molecule has 3 nitrogen and oxygen atoms in total. The van der Waals surface area contributed by atoms with Crippen LogP contribution in [0.25, 0.3) is 0 Å². The van der Waals surface area contributed by atoms with E-state index in [2.05, 4.69) is 16.6 Å². The van der Waals surface area contributed by atoms with Gasteiger partial charge in [0.25, 0.3) is 0 Å². The molecule has 0 radical (unpaired) electrons. The van der Waals surface area contributed by atoms with E-state index in [1.54, 1.807) is 19.1 Å². The second-order valence-electron chi connectivity index (χ2n) is 3.53. The minimum absolute atomic E-state index is 0.174. The molecule has 0 fully saturated rings. The third kappa shape index (κ3) is 3.99. The monoisotopic (exact) mass is 304 g/mol. The van der Waals surface area contributed by atoms with E-state index in [1.165, 1.54) is 0 Å². The molecule has 0 aliphatic rings. The number of nitrogens with one attached hydrogen (secondary N) is 2. The van der Waals surface area contributed by atoms with Crippen molar-refractivity contribution in [3.63, 3.8) is 0 Å². The molecule has 2 N–H and O–H groups in total. The lowest BCUT2D eigenvalue weighted by Crippen LogP contribution is -2.37. The SMILES string of the molecule is C#CCNC(=O)C(C)Nc1c(Cl)cc(Cl)cc1Cl. The van der Waals surface area contributed by atoms with Gasteiger partial charge in [-0.25, -0.2) is 0 Å². The van der Waals surface area contributed by atoms with Crippen LogP contribution in [0.1, 0.15) is 6.92 Å². The number of terminal acetylenes is 1. The molecule has 1 atom stereocenters. The molecule has 1 rings (SSSR count). The van der Waals surface area contributed by atoms with E-state index in [0.717, 1.165) is 0 Å². The summed E-state index contributed by atoms with van der Waals surface area (Å²) in [6.45, 7) is 1.85. The van der Waals surface area contributed by atoms with Gasteiger partial charge >= 0.3 is 0 Å². The molecule has 1 aromatic rings. The highest BCUT2D eigenvalue weighted by Gasteiger charge is 2.15. The smallest absolute Gasteiger partial charge is 0.242 e. The van der Waals surface area contributed by atoms with Gasteiger partial charge in [-0.05, 0) is 19.1 Å². The molecule has 18 heavy (non-hydrogen) atoms. The van der Waals surface area contributed by atoms with Gasteiger partial charge in [-0.2, -0.15) is 0 Å². The Morgan fingerprint density at radius 2 is 1.94 bits per heavy atom. The van der Waals surface area contributed by atoms with Crippen molar-refractivity contribution < 1.29 is 4.79 Å². The van der Waals surface area contributed by atoms with E-state index in [4.69, 9.17) is 41.2 Å². The first kappa shape index (κ1) is 15.0. The van der Waals surface area contributed by atoms with Crippen molar-refractivity contribution >= 4 is 46.4 Å². The van der Waals surface area contributed by atoms with Gasteiger partial charge in [-0.3, -0.25) is 4.79 Å². The molecule has 0 saturated carbocycles. The van der Waals surface area contributed by atoms with Crippen LogP contribution in [0, 0.1) is 12.3 Å². The van der Waals surface area contributed by atoms with Gasteiger partial charge in [0.15, 0.2) is 0 Å². The number of rotatable bonds is 4. The Labute approximate surface area is 121 Å². The van der Waals surface area contributed by atoms with Gasteiger partial charge in [0, 0.05) is 5.02 Å². The molecule has 0 aliphatic carbocycles. The fourth-order valence-electron chi connectivity index (χ4n) is 1.25. The predicted molar refractivity (Wildman–Crippen MR) is 76.4 cm³/mol. The Morgan fingerprint density at radius 3 is 2.44 bits per heavy atom. The molecule has 0 aromatic heterocycles. The highest BCUT2D eigenvalue weighted by molar-refractivity contribution is 6.41. The number of hydrogen-bond acceptors (Lipinski definition) is 2. The van der Waals surface area contributed by atoms with Gasteiger partial charge in [0.2, 0.25) is 5.91 Å². The van der Waals surface area contributed by atoms with Crippen LogP contribution in [0.5, 0.6) is 0 Å². The van der Waals surface area contributed by atoms with Crippen LogP contribution in [-0.4, -0.2) is 18.5 Å². The fourth-order valence-corrected chi connectivity index (χ4v) is 2.18. The van der Waals surface area contributed by atoms with Crippen molar-refractivity contribution in [2.24, 2.45) is 0 Å². The van der Waals surface area contributed by atoms with E-state index in [0.29, 0.717) is 20.8 Å². The third-order valence-electron chi connectivity index (χ3n) is 2.13. The van der Waals surface area contributed by atoms with Crippen LogP contribution in [0.4, 0.5) is 5.69 Å². The number of halogens is 3. The molecule has 1 aromatic carbocycles. The zero-order valence-electron chi connectivity index (χ0n) is 9.56. The first-order valence-corrected chi connectivity index (χ1v) is 6.21. The van der Waals surface area contributed by atoms with Gasteiger partial charge in [-0.15, -0.1) is 6.42 Å². The number of amides is 1. The second-order valence-corrected chi connectivity index (χ2v) is 4.78. The summed E-state index contributed by atoms with van der Waals surface area (Å²) in [5.74, 6) is 2.08. The molecule has 0 saturated heterocycles. The summed E-state index contributed by atoms with van der Waals surface area (Å²) < 4.78 is 0. The molecular weight excluding hydrogens is 295 g/mol. The molecule has 0 aliphatic heterocycles. The van der Waals surface area contributed by atoms with Gasteiger partial charge in [0.1, 0.15) is 6.04 Å². The van der Waals surface area contributed by atoms with Crippen LogP contribution < -0.4 is 10.6 Å². The predicted octanol–water partition coefficient (Wildman–Crippen LogP) is 3.20. The van der Waals surface area contributed by atoms with E-state index in [-0.39, 0.29) is 12.5 Å². The van der Waals surface area contributed by atoms with Crippen LogP contribution in [0.2, 0.25) is 15.1 Å². The van der Waals surface area contributed by atoms with Crippen molar-refractivity contribution in [3.8, 4) is 12.3 Å². The number of hydrogen-bond donors (Lipinski definition) is 2. The lowest BCUT2D eigenvalue weighted by Gasteiger charge is -2.16. The molecule has 0 spiro atoms. The topological polar surface area (TPSA) is 41.1 Å². The lowest BCUT2D eigenvalue weighted by atomic mass is 10.2. The van der Waals surface area contributed by atoms with Crippen LogP contribution >= 0.6 is 34.8 Å². The molecule has 1 unspecified atom stereocenters. The normalized spacial score (nSPS) is 11.5. The Bertz CT molecular complexity index is 474. The minimum Gasteiger partial charge on any atom is -0.371 e. The summed E-state index contributed by atoms with van der Waals surface area (Å²) in [7, 11) is 0. The molecule has 96 valence electrons. The Balaban J connectivity index is 2.79.